The third-order valence-electron chi connectivity index (χ3n) is 16.4. The Bertz CT molecular complexity index is 1710. The Hall–Kier alpha value is -3.40. The molecule has 0 spiro atoms. The molecule has 0 unspecified atom stereocenters. The zero-order valence-electron chi connectivity index (χ0n) is 32.7. The fourth-order valence-electron chi connectivity index (χ4n) is 13.6. The Morgan fingerprint density at radius 2 is 1.35 bits per heavy atom. The number of benzene rings is 2. The Balaban J connectivity index is 1.09. The van der Waals surface area contributed by atoms with Crippen LogP contribution in [0.1, 0.15) is 117 Å². The van der Waals surface area contributed by atoms with E-state index in [0.717, 1.165) is 43.2 Å². The molecule has 278 valence electrons. The van der Waals surface area contributed by atoms with Crippen molar-refractivity contribution in [3.8, 4) is 0 Å². The molecule has 0 N–H and O–H groups in total. The van der Waals surface area contributed by atoms with E-state index in [9.17, 15) is 9.59 Å². The van der Waals surface area contributed by atoms with Crippen molar-refractivity contribution in [2.75, 3.05) is 6.61 Å². The highest BCUT2D eigenvalue weighted by Gasteiger charge is 2.71. The van der Waals surface area contributed by atoms with E-state index in [1.54, 1.807) is 12.2 Å². The molecule has 0 radical (unpaired) electrons. The van der Waals surface area contributed by atoms with Crippen molar-refractivity contribution < 1.29 is 19.1 Å². The van der Waals surface area contributed by atoms with Crippen LogP contribution in [-0.4, -0.2) is 24.6 Å². The van der Waals surface area contributed by atoms with Crippen LogP contribution in [0.5, 0.6) is 0 Å². The molecule has 0 bridgehead atoms. The van der Waals surface area contributed by atoms with Gasteiger partial charge in [0, 0.05) is 23.0 Å². The molecule has 0 heterocycles. The summed E-state index contributed by atoms with van der Waals surface area (Å²) in [6, 6.07) is 19.9. The highest BCUT2D eigenvalue weighted by molar-refractivity contribution is 5.87. The van der Waals surface area contributed by atoms with Gasteiger partial charge in [0.05, 0.1) is 6.61 Å². The summed E-state index contributed by atoms with van der Waals surface area (Å²) < 4.78 is 12.5. The van der Waals surface area contributed by atoms with Gasteiger partial charge in [-0.05, 0) is 140 Å². The molecule has 10 atom stereocenters. The molecule has 4 heteroatoms. The SMILES string of the molecule is C=C(C)[C@@H]1CC[C@]2(COC(=O)/C=C/c3ccccc3)CC[C@]3(C)[C@H](CC[C@@H]4[C@@]5(C)CC[C@H](OC(=O)/C=C/c6ccccc6)C(C)(C)[C@@H]5CC[C@]43C)[C@H]12. The number of hydrogen-bond acceptors (Lipinski definition) is 4. The van der Waals surface area contributed by atoms with E-state index < -0.39 is 0 Å². The molecule has 0 amide bonds. The Morgan fingerprint density at radius 1 is 0.712 bits per heavy atom. The van der Waals surface area contributed by atoms with Crippen LogP contribution in [0.25, 0.3) is 12.2 Å². The van der Waals surface area contributed by atoms with Gasteiger partial charge in [-0.15, -0.1) is 0 Å². The largest absolute Gasteiger partial charge is 0.462 e. The number of esters is 2. The molecule has 5 aliphatic rings. The van der Waals surface area contributed by atoms with Crippen molar-refractivity contribution in [3.05, 3.63) is 96.1 Å². The van der Waals surface area contributed by atoms with E-state index in [1.807, 2.05) is 72.8 Å². The van der Waals surface area contributed by atoms with Crippen molar-refractivity contribution in [3.63, 3.8) is 0 Å². The molecule has 0 aromatic heterocycles. The van der Waals surface area contributed by atoms with E-state index in [-0.39, 0.29) is 45.1 Å². The molecule has 5 aliphatic carbocycles. The number of hydrogen-bond donors (Lipinski definition) is 0. The first-order valence-corrected chi connectivity index (χ1v) is 20.2. The first-order chi connectivity index (χ1) is 24.7. The molecule has 2 aromatic carbocycles. The lowest BCUT2D eigenvalue weighted by molar-refractivity contribution is -0.251. The molecular weight excluding hydrogens is 641 g/mol. The average Bonchev–Trinajstić information content (AvgIpc) is 3.52. The van der Waals surface area contributed by atoms with E-state index >= 15 is 0 Å². The lowest BCUT2D eigenvalue weighted by atomic mass is 9.32. The number of rotatable bonds is 8. The third kappa shape index (κ3) is 6.14. The fraction of sp³-hybridized carbons (Fsp3) is 0.583. The van der Waals surface area contributed by atoms with Gasteiger partial charge in [0.15, 0.2) is 0 Å². The van der Waals surface area contributed by atoms with Crippen LogP contribution in [0.3, 0.4) is 0 Å². The van der Waals surface area contributed by atoms with Crippen LogP contribution in [0.15, 0.2) is 85.0 Å². The minimum Gasteiger partial charge on any atom is -0.462 e. The predicted octanol–water partition coefficient (Wildman–Crippen LogP) is 11.5. The van der Waals surface area contributed by atoms with Crippen LogP contribution in [0, 0.1) is 56.7 Å². The number of carbonyl (C=O) groups excluding carboxylic acids is 2. The summed E-state index contributed by atoms with van der Waals surface area (Å²) in [4.78, 5) is 26.2. The predicted molar refractivity (Wildman–Crippen MR) is 211 cm³/mol. The molecule has 5 saturated carbocycles. The Labute approximate surface area is 313 Å². The zero-order chi connectivity index (χ0) is 36.9. The Kier molecular flexibility index (Phi) is 9.79. The van der Waals surface area contributed by atoms with E-state index in [2.05, 4.69) is 48.1 Å². The van der Waals surface area contributed by atoms with Crippen LogP contribution in [0.4, 0.5) is 0 Å². The van der Waals surface area contributed by atoms with Crippen molar-refractivity contribution in [2.45, 2.75) is 112 Å². The van der Waals surface area contributed by atoms with Gasteiger partial charge in [-0.1, -0.05) is 107 Å². The number of fused-ring (bicyclic) bond motifs is 7. The van der Waals surface area contributed by atoms with E-state index in [4.69, 9.17) is 9.47 Å². The van der Waals surface area contributed by atoms with Gasteiger partial charge in [-0.25, -0.2) is 9.59 Å². The van der Waals surface area contributed by atoms with Crippen molar-refractivity contribution >= 4 is 24.1 Å². The molecule has 52 heavy (non-hydrogen) atoms. The molecule has 4 nitrogen and oxygen atoms in total. The summed E-state index contributed by atoms with van der Waals surface area (Å²) >= 11 is 0. The Morgan fingerprint density at radius 3 is 1.98 bits per heavy atom. The van der Waals surface area contributed by atoms with Crippen LogP contribution in [-0.2, 0) is 19.1 Å². The minimum absolute atomic E-state index is 0.0211. The quantitative estimate of drug-likeness (QED) is 0.156. The van der Waals surface area contributed by atoms with Crippen LogP contribution in [0.2, 0.25) is 0 Å². The van der Waals surface area contributed by atoms with Gasteiger partial charge < -0.3 is 9.47 Å². The summed E-state index contributed by atoms with van der Waals surface area (Å²) in [5.74, 6) is 2.24. The summed E-state index contributed by atoms with van der Waals surface area (Å²) in [6.45, 7) is 20.0. The summed E-state index contributed by atoms with van der Waals surface area (Å²) in [6.07, 6.45) is 18.3. The van der Waals surface area contributed by atoms with E-state index in [0.29, 0.717) is 36.2 Å². The van der Waals surface area contributed by atoms with Gasteiger partial charge in [-0.3, -0.25) is 0 Å². The first kappa shape index (κ1) is 36.9. The maximum Gasteiger partial charge on any atom is 0.331 e. The fourth-order valence-corrected chi connectivity index (χ4v) is 13.6. The standard InChI is InChI=1S/C48H62O4/c1-33(2)36-24-29-48(32-51-41(49)22-18-34-14-10-8-11-15-34)31-30-46(6)37(43(36)48)20-21-39-45(5)27-26-40(44(3,4)38(45)25-28-47(39,46)7)52-42(50)23-19-35-16-12-9-13-17-35/h8-19,22-23,36-40,43H,1,20-21,24-32H2,2-7H3/b22-18+,23-19+/t36-,37+,38-,39+,40-,43-,45-,46+,47+,48+/m0/s1. The second-order valence-corrected chi connectivity index (χ2v) is 18.9. The first-order valence-electron chi connectivity index (χ1n) is 20.2. The summed E-state index contributed by atoms with van der Waals surface area (Å²) in [5, 5.41) is 0. The monoisotopic (exact) mass is 702 g/mol. The highest BCUT2D eigenvalue weighted by atomic mass is 16.5. The molecule has 5 fully saturated rings. The topological polar surface area (TPSA) is 52.6 Å². The number of carbonyl (C=O) groups is 2. The van der Waals surface area contributed by atoms with Gasteiger partial charge >= 0.3 is 11.9 Å². The van der Waals surface area contributed by atoms with Gasteiger partial charge in [0.1, 0.15) is 6.10 Å². The average molecular weight is 703 g/mol. The maximum atomic E-state index is 13.1. The van der Waals surface area contributed by atoms with Gasteiger partial charge in [-0.2, -0.15) is 0 Å². The number of allylic oxidation sites excluding steroid dienone is 1. The second-order valence-electron chi connectivity index (χ2n) is 18.9. The van der Waals surface area contributed by atoms with Crippen LogP contribution >= 0.6 is 0 Å². The van der Waals surface area contributed by atoms with Crippen molar-refractivity contribution in [2.24, 2.45) is 56.7 Å². The maximum absolute atomic E-state index is 13.1. The lowest BCUT2D eigenvalue weighted by Crippen LogP contribution is -2.67. The van der Waals surface area contributed by atoms with Crippen LogP contribution < -0.4 is 0 Å². The molecule has 7 rings (SSSR count). The van der Waals surface area contributed by atoms with Gasteiger partial charge in [0.2, 0.25) is 0 Å². The van der Waals surface area contributed by atoms with Crippen molar-refractivity contribution in [1.29, 1.82) is 0 Å². The second kappa shape index (κ2) is 13.8. The van der Waals surface area contributed by atoms with E-state index in [1.165, 1.54) is 37.7 Å². The minimum atomic E-state index is -0.234. The van der Waals surface area contributed by atoms with Gasteiger partial charge in [0.25, 0.3) is 0 Å². The highest BCUT2D eigenvalue weighted by Crippen LogP contribution is 2.77. The third-order valence-corrected chi connectivity index (χ3v) is 16.4. The molecule has 2 aromatic rings. The lowest BCUT2D eigenvalue weighted by Gasteiger charge is -2.73. The molecule has 0 aliphatic heterocycles. The summed E-state index contributed by atoms with van der Waals surface area (Å²) in [7, 11) is 0. The number of ether oxygens (including phenoxy) is 2. The molecular formula is C48H62O4. The smallest absolute Gasteiger partial charge is 0.331 e. The van der Waals surface area contributed by atoms with Crippen molar-refractivity contribution in [1.82, 2.24) is 0 Å². The normalized spacial score (nSPS) is 39.2. The summed E-state index contributed by atoms with van der Waals surface area (Å²) in [5.41, 5.74) is 3.89. The zero-order valence-corrected chi connectivity index (χ0v) is 32.7. The molecule has 0 saturated heterocycles.